The lowest BCUT2D eigenvalue weighted by molar-refractivity contribution is -0.147. The van der Waals surface area contributed by atoms with E-state index in [2.05, 4.69) is 15.0 Å². The van der Waals surface area contributed by atoms with E-state index in [0.29, 0.717) is 17.0 Å². The number of carbonyl (C=O) groups is 1. The molecule has 32 heavy (non-hydrogen) atoms. The van der Waals surface area contributed by atoms with Crippen molar-refractivity contribution in [1.82, 2.24) is 19.5 Å². The lowest BCUT2D eigenvalue weighted by Gasteiger charge is -2.30. The predicted molar refractivity (Wildman–Crippen MR) is 108 cm³/mol. The second kappa shape index (κ2) is 8.99. The zero-order valence-corrected chi connectivity index (χ0v) is 18.7. The van der Waals surface area contributed by atoms with E-state index in [-0.39, 0.29) is 38.0 Å². The molecule has 12 nitrogen and oxygen atoms in total. The van der Waals surface area contributed by atoms with Crippen LogP contribution < -0.4 is 5.73 Å². The maximum Gasteiger partial charge on any atom is 0.475 e. The fraction of sp³-hybridized carbons (Fsp3) is 0.667. The molecule has 0 saturated carbocycles. The predicted octanol–water partition coefficient (Wildman–Crippen LogP) is 2.08. The van der Waals surface area contributed by atoms with Crippen molar-refractivity contribution < 1.29 is 36.8 Å². The minimum Gasteiger partial charge on any atom is -0.466 e. The zero-order chi connectivity index (χ0) is 23.0. The number of halogens is 1. The second-order valence-electron chi connectivity index (χ2n) is 7.58. The van der Waals surface area contributed by atoms with Gasteiger partial charge in [0.2, 0.25) is 0 Å². The summed E-state index contributed by atoms with van der Waals surface area (Å²) in [5, 5.41) is 0. The number of nitrogens with zero attached hydrogens (tertiary/aromatic N) is 4. The largest absolute Gasteiger partial charge is 0.475 e. The summed E-state index contributed by atoms with van der Waals surface area (Å²) in [5.74, 6) is -0.272. The van der Waals surface area contributed by atoms with Crippen molar-refractivity contribution in [3.63, 3.8) is 0 Å². The molecule has 2 saturated heterocycles. The van der Waals surface area contributed by atoms with Gasteiger partial charge in [-0.15, -0.1) is 0 Å². The number of hydrogen-bond acceptors (Lipinski definition) is 11. The fourth-order valence-corrected chi connectivity index (χ4v) is 4.98. The summed E-state index contributed by atoms with van der Waals surface area (Å²) in [6.45, 7) is 5.02. The summed E-state index contributed by atoms with van der Waals surface area (Å²) in [6.07, 6.45) is -3.23. The number of fused-ring (bicyclic) bond motifs is 2. The van der Waals surface area contributed by atoms with Crippen molar-refractivity contribution in [3.05, 3.63) is 12.2 Å². The average molecular weight is 473 g/mol. The molecule has 0 aromatic carbocycles. The number of aromatic nitrogens is 4. The maximum absolute atomic E-state index is 15.3. The molecular weight excluding hydrogens is 448 g/mol. The molecule has 0 radical (unpaired) electrons. The van der Waals surface area contributed by atoms with Crippen LogP contribution >= 0.6 is 7.82 Å². The number of carbonyl (C=O) groups excluding carboxylic acids is 1. The third-order valence-electron chi connectivity index (χ3n) is 5.24. The van der Waals surface area contributed by atoms with Gasteiger partial charge in [-0.25, -0.2) is 23.9 Å². The van der Waals surface area contributed by atoms with Gasteiger partial charge in [-0.3, -0.25) is 22.9 Å². The molecule has 4 rings (SSSR count). The summed E-state index contributed by atoms with van der Waals surface area (Å²) in [7, 11) is -4.03. The summed E-state index contributed by atoms with van der Waals surface area (Å²) in [4.78, 5) is 24.1. The molecule has 4 heterocycles. The fourth-order valence-electron chi connectivity index (χ4n) is 3.57. The quantitative estimate of drug-likeness (QED) is 0.465. The van der Waals surface area contributed by atoms with Crippen molar-refractivity contribution in [2.45, 2.75) is 51.8 Å². The molecule has 2 N–H and O–H groups in total. The minimum absolute atomic E-state index is 0.0858. The van der Waals surface area contributed by atoms with Gasteiger partial charge in [0.15, 0.2) is 23.9 Å². The van der Waals surface area contributed by atoms with Gasteiger partial charge in [-0.1, -0.05) is 6.92 Å². The monoisotopic (exact) mass is 473 g/mol. The van der Waals surface area contributed by atoms with Crippen LogP contribution in [0, 0.1) is 12.8 Å². The van der Waals surface area contributed by atoms with Crippen LogP contribution in [0.25, 0.3) is 11.2 Å². The van der Waals surface area contributed by atoms with Crippen molar-refractivity contribution >= 4 is 30.8 Å². The lowest BCUT2D eigenvalue weighted by Crippen LogP contribution is -2.38. The Kier molecular flexibility index (Phi) is 6.46. The Balaban J connectivity index is 1.43. The highest BCUT2D eigenvalue weighted by Crippen LogP contribution is 2.57. The third kappa shape index (κ3) is 4.35. The Morgan fingerprint density at radius 2 is 2.25 bits per heavy atom. The number of rotatable bonds is 7. The number of ether oxygens (including phenoxy) is 2. The van der Waals surface area contributed by atoms with Crippen molar-refractivity contribution in [2.24, 2.45) is 5.92 Å². The normalized spacial score (nSPS) is 30.9. The van der Waals surface area contributed by atoms with Gasteiger partial charge < -0.3 is 15.2 Å². The molecule has 2 aliphatic heterocycles. The van der Waals surface area contributed by atoms with Crippen LogP contribution in [0.15, 0.2) is 6.33 Å². The second-order valence-corrected chi connectivity index (χ2v) is 9.20. The van der Waals surface area contributed by atoms with Crippen LogP contribution in [0.5, 0.6) is 0 Å². The number of phosphoric acid groups is 1. The number of anilines is 1. The van der Waals surface area contributed by atoms with E-state index in [9.17, 15) is 9.36 Å². The van der Waals surface area contributed by atoms with Crippen molar-refractivity contribution in [1.29, 1.82) is 0 Å². The molecule has 2 fully saturated rings. The molecule has 2 aliphatic rings. The first kappa shape index (κ1) is 23.0. The van der Waals surface area contributed by atoms with Crippen LogP contribution in [0.3, 0.4) is 0 Å². The molecule has 14 heteroatoms. The SMILES string of the molecule is CCOC(=O)[C@@H](C)CCO[P@@]1(=O)OC[C@H]2O[C@@H](n3cnc4c(N)nc(C)nc43)[C@@H](F)[C@@H]2O1. The Morgan fingerprint density at radius 1 is 1.47 bits per heavy atom. The molecule has 2 aromatic rings. The van der Waals surface area contributed by atoms with Gasteiger partial charge in [-0.05, 0) is 20.3 Å². The first-order valence-corrected chi connectivity index (χ1v) is 11.7. The van der Waals surface area contributed by atoms with E-state index in [1.54, 1.807) is 20.8 Å². The van der Waals surface area contributed by atoms with E-state index >= 15 is 4.39 Å². The standard InChI is InChI=1S/C18H25FN5O7P/c1-4-27-18(25)9(2)5-6-28-32(26)29-7-11-14(31-32)12(19)17(30-11)24-8-21-13-15(20)22-10(3)23-16(13)24/h8-9,11-12,14,17H,4-7H2,1-3H3,(H2,20,22,23)/t9-,11+,12-,14+,17+,32-/m0/s1. The number of aryl methyl sites for hydroxylation is 1. The molecule has 6 atom stereocenters. The molecular formula is C18H25FN5O7P. The van der Waals surface area contributed by atoms with Crippen molar-refractivity contribution in [3.8, 4) is 0 Å². The Bertz CT molecular complexity index is 1050. The number of alkyl halides is 1. The highest BCUT2D eigenvalue weighted by Gasteiger charge is 2.54. The van der Waals surface area contributed by atoms with Gasteiger partial charge >= 0.3 is 13.8 Å². The number of imidazole rings is 1. The van der Waals surface area contributed by atoms with Crippen LogP contribution in [-0.2, 0) is 32.4 Å². The van der Waals surface area contributed by atoms with Crippen LogP contribution in [0.4, 0.5) is 10.2 Å². The Hall–Kier alpha value is -2.18. The summed E-state index contributed by atoms with van der Waals surface area (Å²) >= 11 is 0. The third-order valence-corrected chi connectivity index (χ3v) is 6.70. The van der Waals surface area contributed by atoms with Crippen LogP contribution in [-0.4, -0.2) is 63.7 Å². The lowest BCUT2D eigenvalue weighted by atomic mass is 10.1. The van der Waals surface area contributed by atoms with Gasteiger partial charge in [0, 0.05) is 0 Å². The van der Waals surface area contributed by atoms with Crippen LogP contribution in [0.2, 0.25) is 0 Å². The molecule has 0 unspecified atom stereocenters. The summed E-state index contributed by atoms with van der Waals surface area (Å²) < 4.78 is 56.2. The molecule has 0 amide bonds. The van der Waals surface area contributed by atoms with Gasteiger partial charge in [-0.2, -0.15) is 0 Å². The number of nitrogen functional groups attached to an aromatic ring is 1. The number of nitrogens with two attached hydrogens (primary N) is 1. The molecule has 0 spiro atoms. The Labute approximate surface area is 183 Å². The molecule has 2 aromatic heterocycles. The highest BCUT2D eigenvalue weighted by molar-refractivity contribution is 7.48. The number of hydrogen-bond donors (Lipinski definition) is 1. The van der Waals surface area contributed by atoms with E-state index in [4.69, 9.17) is 28.8 Å². The zero-order valence-electron chi connectivity index (χ0n) is 17.8. The van der Waals surface area contributed by atoms with Gasteiger partial charge in [0.25, 0.3) is 0 Å². The van der Waals surface area contributed by atoms with Gasteiger partial charge in [0.05, 0.1) is 32.1 Å². The first-order chi connectivity index (χ1) is 15.2. The molecule has 0 bridgehead atoms. The maximum atomic E-state index is 15.3. The summed E-state index contributed by atoms with van der Waals surface area (Å²) in [5.41, 5.74) is 6.51. The topological polar surface area (TPSA) is 150 Å². The minimum atomic E-state index is -4.03. The molecule has 0 aliphatic carbocycles. The van der Waals surface area contributed by atoms with E-state index in [1.165, 1.54) is 10.9 Å². The first-order valence-electron chi connectivity index (χ1n) is 10.2. The number of phosphoric ester groups is 1. The Morgan fingerprint density at radius 3 is 3.00 bits per heavy atom. The van der Waals surface area contributed by atoms with E-state index in [0.717, 1.165) is 0 Å². The van der Waals surface area contributed by atoms with E-state index in [1.807, 2.05) is 0 Å². The highest BCUT2D eigenvalue weighted by atomic mass is 31.2. The van der Waals surface area contributed by atoms with Gasteiger partial charge in [0.1, 0.15) is 23.5 Å². The van der Waals surface area contributed by atoms with E-state index < -0.39 is 38.3 Å². The molecule has 176 valence electrons. The number of esters is 1. The van der Waals surface area contributed by atoms with Crippen LogP contribution in [0.1, 0.15) is 32.3 Å². The average Bonchev–Trinajstić information content (AvgIpc) is 3.29. The smallest absolute Gasteiger partial charge is 0.466 e. The summed E-state index contributed by atoms with van der Waals surface area (Å²) in [6, 6.07) is 0. The van der Waals surface area contributed by atoms with Crippen molar-refractivity contribution in [2.75, 3.05) is 25.6 Å².